The number of hydroxylamine groups is 2. The third kappa shape index (κ3) is 6.56. The minimum absolute atomic E-state index is 0.0532. The van der Waals surface area contributed by atoms with E-state index in [0.717, 1.165) is 12.1 Å². The minimum Gasteiger partial charge on any atom is -0.368 e. The average Bonchev–Trinajstić information content (AvgIpc) is 2.53. The van der Waals surface area contributed by atoms with Crippen LogP contribution in [0.25, 0.3) is 0 Å². The smallest absolute Gasteiger partial charge is 0.368 e. The van der Waals surface area contributed by atoms with Gasteiger partial charge >= 0.3 is 12.1 Å². The lowest BCUT2D eigenvalue weighted by Gasteiger charge is -2.30. The lowest BCUT2D eigenvalue weighted by atomic mass is 9.95. The Kier molecular flexibility index (Phi) is 6.62. The molecule has 0 atom stereocenters. The summed E-state index contributed by atoms with van der Waals surface area (Å²) in [7, 11) is -3.52. The number of alkyl halides is 3. The molecule has 0 aliphatic carbocycles. The number of rotatable bonds is 6. The highest BCUT2D eigenvalue weighted by Gasteiger charge is 2.34. The first-order valence-electron chi connectivity index (χ1n) is 8.06. The van der Waals surface area contributed by atoms with Gasteiger partial charge in [-0.25, -0.2) is 17.6 Å². The van der Waals surface area contributed by atoms with Gasteiger partial charge in [0, 0.05) is 13.1 Å². The van der Waals surface area contributed by atoms with Crippen molar-refractivity contribution in [3.63, 3.8) is 0 Å². The molecule has 26 heavy (non-hydrogen) atoms. The first-order chi connectivity index (χ1) is 12.0. The van der Waals surface area contributed by atoms with Crippen LogP contribution >= 0.6 is 0 Å². The summed E-state index contributed by atoms with van der Waals surface area (Å²) in [6, 6.07) is 4.60. The Labute approximate surface area is 148 Å². The summed E-state index contributed by atoms with van der Waals surface area (Å²) in [5, 5.41) is 1.18. The van der Waals surface area contributed by atoms with Crippen molar-refractivity contribution in [3.8, 4) is 0 Å². The number of hydrogen-bond acceptors (Lipinski definition) is 5. The van der Waals surface area contributed by atoms with Crippen LogP contribution in [0.15, 0.2) is 29.2 Å². The summed E-state index contributed by atoms with van der Waals surface area (Å²) in [6.45, 7) is 0.510. The van der Waals surface area contributed by atoms with Crippen LogP contribution in [0.3, 0.4) is 0 Å². The van der Waals surface area contributed by atoms with Crippen LogP contribution in [0.4, 0.5) is 17.6 Å². The molecule has 1 aliphatic rings. The van der Waals surface area contributed by atoms with Crippen LogP contribution < -0.4 is 0 Å². The van der Waals surface area contributed by atoms with Crippen molar-refractivity contribution in [2.45, 2.75) is 36.8 Å². The molecule has 1 aromatic rings. The largest absolute Gasteiger partial charge is 0.399 e. The Balaban J connectivity index is 1.76. The fourth-order valence-electron chi connectivity index (χ4n) is 2.71. The number of carbonyl (C=O) groups is 1. The second-order valence-electron chi connectivity index (χ2n) is 6.19. The van der Waals surface area contributed by atoms with E-state index in [0.29, 0.717) is 19.3 Å². The number of benzene rings is 1. The summed E-state index contributed by atoms with van der Waals surface area (Å²) in [5.74, 6) is -1.91. The van der Waals surface area contributed by atoms with E-state index in [-0.39, 0.29) is 29.7 Å². The van der Waals surface area contributed by atoms with Gasteiger partial charge in [0.15, 0.2) is 9.84 Å². The third-order valence-corrected chi connectivity index (χ3v) is 5.88. The zero-order valence-corrected chi connectivity index (χ0v) is 14.7. The molecule has 0 radical (unpaired) electrons. The molecule has 0 amide bonds. The molecular formula is C16H19F4NO4S. The predicted molar refractivity (Wildman–Crippen MR) is 84.1 cm³/mol. The zero-order chi connectivity index (χ0) is 19.4. The van der Waals surface area contributed by atoms with Gasteiger partial charge in [-0.15, -0.1) is 5.06 Å². The fraction of sp³-hybridized carbons (Fsp3) is 0.562. The predicted octanol–water partition coefficient (Wildman–Crippen LogP) is 3.11. The quantitative estimate of drug-likeness (QED) is 0.545. The number of hydrogen-bond donors (Lipinski definition) is 0. The summed E-state index contributed by atoms with van der Waals surface area (Å²) >= 11 is 0. The Hall–Kier alpha value is -1.68. The highest BCUT2D eigenvalue weighted by molar-refractivity contribution is 7.91. The van der Waals surface area contributed by atoms with Crippen LogP contribution in [0, 0.1) is 11.7 Å². The first-order valence-corrected chi connectivity index (χ1v) is 9.71. The molecule has 1 aliphatic heterocycles. The molecule has 5 nitrogen and oxygen atoms in total. The summed E-state index contributed by atoms with van der Waals surface area (Å²) < 4.78 is 73.6. The van der Waals surface area contributed by atoms with Crippen molar-refractivity contribution in [1.29, 1.82) is 0 Å². The summed E-state index contributed by atoms with van der Waals surface area (Å²) in [6.07, 6.45) is -4.84. The second kappa shape index (κ2) is 8.34. The second-order valence-corrected chi connectivity index (χ2v) is 8.30. The first kappa shape index (κ1) is 20.6. The van der Waals surface area contributed by atoms with Crippen LogP contribution in [0.5, 0.6) is 0 Å². The van der Waals surface area contributed by atoms with Crippen LogP contribution in [-0.2, 0) is 19.5 Å². The number of halogens is 4. The molecule has 0 saturated carbocycles. The molecule has 0 unspecified atom stereocenters. The Morgan fingerprint density at radius 1 is 1.15 bits per heavy atom. The molecular weight excluding hydrogens is 378 g/mol. The Morgan fingerprint density at radius 2 is 1.73 bits per heavy atom. The van der Waals surface area contributed by atoms with Crippen molar-refractivity contribution in [1.82, 2.24) is 5.06 Å². The van der Waals surface area contributed by atoms with Crippen molar-refractivity contribution in [2.75, 3.05) is 18.8 Å². The van der Waals surface area contributed by atoms with Gasteiger partial charge in [0.1, 0.15) is 12.2 Å². The zero-order valence-electron chi connectivity index (χ0n) is 13.8. The van der Waals surface area contributed by atoms with E-state index >= 15 is 0 Å². The van der Waals surface area contributed by atoms with Gasteiger partial charge in [-0.05, 0) is 49.4 Å². The van der Waals surface area contributed by atoms with Gasteiger partial charge in [-0.3, -0.25) is 0 Å². The van der Waals surface area contributed by atoms with Crippen molar-refractivity contribution < 1.29 is 35.6 Å². The van der Waals surface area contributed by atoms with Crippen LogP contribution in [0.1, 0.15) is 25.7 Å². The van der Waals surface area contributed by atoms with Gasteiger partial charge in [0.2, 0.25) is 0 Å². The molecule has 1 saturated heterocycles. The Morgan fingerprint density at radius 3 is 2.27 bits per heavy atom. The number of carbonyl (C=O) groups excluding carboxylic acids is 1. The maximum Gasteiger partial charge on any atom is 0.399 e. The highest BCUT2D eigenvalue weighted by atomic mass is 32.2. The molecule has 0 N–H and O–H groups in total. The minimum atomic E-state index is -4.61. The van der Waals surface area contributed by atoms with E-state index in [1.165, 1.54) is 17.2 Å². The monoisotopic (exact) mass is 397 g/mol. The van der Waals surface area contributed by atoms with Crippen LogP contribution in [-0.4, -0.2) is 44.5 Å². The van der Waals surface area contributed by atoms with Crippen molar-refractivity contribution in [3.05, 3.63) is 30.1 Å². The molecule has 2 rings (SSSR count). The summed E-state index contributed by atoms with van der Waals surface area (Å²) in [5.41, 5.74) is 0. The maximum absolute atomic E-state index is 12.9. The SMILES string of the molecule is O=C(CC(F)(F)F)ON1CCC(CCS(=O)(=O)c2ccc(F)cc2)CC1. The molecule has 0 aromatic heterocycles. The maximum atomic E-state index is 12.9. The lowest BCUT2D eigenvalue weighted by Crippen LogP contribution is -2.37. The van der Waals surface area contributed by atoms with Crippen LogP contribution in [0.2, 0.25) is 0 Å². The number of nitrogens with zero attached hydrogens (tertiary/aromatic N) is 1. The standard InChI is InChI=1S/C16H19F4NO4S/c17-13-1-3-14(4-2-13)26(23,24)10-7-12-5-8-21(9-6-12)25-15(22)11-16(18,19)20/h1-4,12H,5-11H2. The van der Waals surface area contributed by atoms with Crippen molar-refractivity contribution in [2.24, 2.45) is 5.92 Å². The summed E-state index contributed by atoms with van der Waals surface area (Å²) in [4.78, 5) is 15.9. The molecule has 0 spiro atoms. The Bertz CT molecular complexity index is 711. The highest BCUT2D eigenvalue weighted by Crippen LogP contribution is 2.25. The van der Waals surface area contributed by atoms with E-state index in [4.69, 9.17) is 0 Å². The van der Waals surface area contributed by atoms with Gasteiger partial charge in [-0.2, -0.15) is 13.2 Å². The average molecular weight is 397 g/mol. The van der Waals surface area contributed by atoms with Gasteiger partial charge in [-0.1, -0.05) is 0 Å². The normalized spacial score (nSPS) is 17.2. The number of sulfone groups is 1. The van der Waals surface area contributed by atoms with E-state index in [1.54, 1.807) is 0 Å². The van der Waals surface area contributed by atoms with E-state index in [9.17, 15) is 30.8 Å². The van der Waals surface area contributed by atoms with Gasteiger partial charge < -0.3 is 4.84 Å². The molecule has 1 heterocycles. The third-order valence-electron chi connectivity index (χ3n) is 4.12. The van der Waals surface area contributed by atoms with E-state index in [1.807, 2.05) is 0 Å². The molecule has 1 aromatic carbocycles. The fourth-order valence-corrected chi connectivity index (χ4v) is 4.14. The van der Waals surface area contributed by atoms with E-state index < -0.39 is 34.2 Å². The lowest BCUT2D eigenvalue weighted by molar-refractivity contribution is -0.212. The van der Waals surface area contributed by atoms with E-state index in [2.05, 4.69) is 4.84 Å². The molecule has 10 heteroatoms. The van der Waals surface area contributed by atoms with Crippen molar-refractivity contribution >= 4 is 15.8 Å². The molecule has 1 fully saturated rings. The molecule has 0 bridgehead atoms. The number of piperidine rings is 1. The molecule has 146 valence electrons. The topological polar surface area (TPSA) is 63.7 Å². The van der Waals surface area contributed by atoms with Gasteiger partial charge in [0.25, 0.3) is 0 Å². The van der Waals surface area contributed by atoms with Gasteiger partial charge in [0.05, 0.1) is 10.6 Å².